The van der Waals surface area contributed by atoms with E-state index in [-0.39, 0.29) is 0 Å². The van der Waals surface area contributed by atoms with E-state index >= 15 is 0 Å². The maximum Gasteiger partial charge on any atom is 0.163 e. The zero-order valence-corrected chi connectivity index (χ0v) is 12.0. The average molecular weight is 290 g/mol. The number of hydrogen-bond donors (Lipinski definition) is 2. The molecule has 0 saturated heterocycles. The second-order valence-corrected chi connectivity index (χ2v) is 5.08. The van der Waals surface area contributed by atoms with Crippen LogP contribution in [0.5, 0.6) is 11.5 Å². The summed E-state index contributed by atoms with van der Waals surface area (Å²) in [7, 11) is 3.21. The number of thiazole rings is 1. The van der Waals surface area contributed by atoms with Crippen molar-refractivity contribution in [3.05, 3.63) is 22.5 Å². The first kappa shape index (κ1) is 12.9. The van der Waals surface area contributed by atoms with E-state index in [0.717, 1.165) is 21.7 Å². The SMILES string of the molecule is COc1cc2nc(-c3csc(CN)n3)[nH]c2cc1OC. The number of nitrogens with zero attached hydrogens (tertiary/aromatic N) is 2. The second kappa shape index (κ2) is 5.10. The van der Waals surface area contributed by atoms with Crippen molar-refractivity contribution >= 4 is 22.4 Å². The molecule has 6 nitrogen and oxygen atoms in total. The summed E-state index contributed by atoms with van der Waals surface area (Å²) in [5.74, 6) is 2.03. The van der Waals surface area contributed by atoms with Crippen LogP contribution in [0.2, 0.25) is 0 Å². The van der Waals surface area contributed by atoms with Crippen LogP contribution in [0.3, 0.4) is 0 Å². The van der Waals surface area contributed by atoms with Gasteiger partial charge in [0.05, 0.1) is 25.3 Å². The molecule has 0 saturated carbocycles. The minimum Gasteiger partial charge on any atom is -0.493 e. The smallest absolute Gasteiger partial charge is 0.163 e. The van der Waals surface area contributed by atoms with Gasteiger partial charge in [-0.1, -0.05) is 0 Å². The zero-order chi connectivity index (χ0) is 14.1. The number of rotatable bonds is 4. The summed E-state index contributed by atoms with van der Waals surface area (Å²) in [6.45, 7) is 0.437. The monoisotopic (exact) mass is 290 g/mol. The van der Waals surface area contributed by atoms with Gasteiger partial charge in [-0.2, -0.15) is 0 Å². The molecule has 0 bridgehead atoms. The number of fused-ring (bicyclic) bond motifs is 1. The number of nitrogens with one attached hydrogen (secondary N) is 1. The Bertz CT molecular complexity index is 709. The molecule has 0 unspecified atom stereocenters. The van der Waals surface area contributed by atoms with Crippen LogP contribution < -0.4 is 15.2 Å². The normalized spacial score (nSPS) is 10.9. The maximum atomic E-state index is 5.58. The topological polar surface area (TPSA) is 86.0 Å². The Morgan fingerprint density at radius 1 is 1.20 bits per heavy atom. The Morgan fingerprint density at radius 3 is 2.60 bits per heavy atom. The third kappa shape index (κ3) is 2.10. The van der Waals surface area contributed by atoms with Crippen molar-refractivity contribution in [2.75, 3.05) is 14.2 Å². The van der Waals surface area contributed by atoms with Crippen LogP contribution in [0.15, 0.2) is 17.5 Å². The quantitative estimate of drug-likeness (QED) is 0.769. The van der Waals surface area contributed by atoms with Crippen LogP contribution in [0.1, 0.15) is 5.01 Å². The highest BCUT2D eigenvalue weighted by Crippen LogP contribution is 2.32. The Hall–Kier alpha value is -2.12. The third-order valence-corrected chi connectivity index (χ3v) is 3.83. The molecule has 3 aromatic rings. The number of benzene rings is 1. The first-order valence-corrected chi connectivity index (χ1v) is 6.89. The molecule has 0 atom stereocenters. The lowest BCUT2D eigenvalue weighted by Gasteiger charge is -2.06. The highest BCUT2D eigenvalue weighted by Gasteiger charge is 2.12. The molecule has 0 radical (unpaired) electrons. The highest BCUT2D eigenvalue weighted by molar-refractivity contribution is 7.09. The number of H-pyrrole nitrogens is 1. The van der Waals surface area contributed by atoms with Gasteiger partial charge in [0.15, 0.2) is 17.3 Å². The summed E-state index contributed by atoms with van der Waals surface area (Å²) in [5.41, 5.74) is 8.05. The van der Waals surface area contributed by atoms with Crippen molar-refractivity contribution in [2.45, 2.75) is 6.54 Å². The molecule has 3 rings (SSSR count). The van der Waals surface area contributed by atoms with Gasteiger partial charge in [-0.15, -0.1) is 11.3 Å². The van der Waals surface area contributed by atoms with Crippen molar-refractivity contribution in [1.29, 1.82) is 0 Å². The fourth-order valence-electron chi connectivity index (χ4n) is 1.97. The molecule has 0 aliphatic rings. The van der Waals surface area contributed by atoms with E-state index in [1.54, 1.807) is 14.2 Å². The number of ether oxygens (including phenoxy) is 2. The molecule has 0 fully saturated rings. The van der Waals surface area contributed by atoms with Crippen molar-refractivity contribution < 1.29 is 9.47 Å². The Balaban J connectivity index is 2.10. The molecule has 7 heteroatoms. The van der Waals surface area contributed by atoms with Gasteiger partial charge >= 0.3 is 0 Å². The van der Waals surface area contributed by atoms with E-state index in [1.807, 2.05) is 17.5 Å². The number of methoxy groups -OCH3 is 2. The van der Waals surface area contributed by atoms with Gasteiger partial charge in [0.25, 0.3) is 0 Å². The van der Waals surface area contributed by atoms with Crippen molar-refractivity contribution in [2.24, 2.45) is 5.73 Å². The lowest BCUT2D eigenvalue weighted by molar-refractivity contribution is 0.356. The molecular formula is C13H14N4O2S. The fraction of sp³-hybridized carbons (Fsp3) is 0.231. The van der Waals surface area contributed by atoms with Crippen LogP contribution in [0.25, 0.3) is 22.6 Å². The van der Waals surface area contributed by atoms with Crippen molar-refractivity contribution in [3.8, 4) is 23.0 Å². The highest BCUT2D eigenvalue weighted by atomic mass is 32.1. The number of hydrogen-bond acceptors (Lipinski definition) is 6. The van der Waals surface area contributed by atoms with E-state index in [0.29, 0.717) is 23.9 Å². The maximum absolute atomic E-state index is 5.58. The average Bonchev–Trinajstić information content (AvgIpc) is 3.11. The van der Waals surface area contributed by atoms with Crippen molar-refractivity contribution in [3.63, 3.8) is 0 Å². The summed E-state index contributed by atoms with van der Waals surface area (Å²) >= 11 is 1.52. The summed E-state index contributed by atoms with van der Waals surface area (Å²) in [6.07, 6.45) is 0. The molecule has 0 aliphatic carbocycles. The Kier molecular flexibility index (Phi) is 3.29. The standard InChI is InChI=1S/C13H14N4O2S/c1-18-10-3-7-8(4-11(10)19-2)17-13(16-7)9-6-20-12(5-14)15-9/h3-4,6H,5,14H2,1-2H3,(H,16,17). The molecular weight excluding hydrogens is 276 g/mol. The third-order valence-electron chi connectivity index (χ3n) is 2.96. The van der Waals surface area contributed by atoms with Crippen LogP contribution >= 0.6 is 11.3 Å². The van der Waals surface area contributed by atoms with Gasteiger partial charge in [0.2, 0.25) is 0 Å². The van der Waals surface area contributed by atoms with E-state index in [9.17, 15) is 0 Å². The van der Waals surface area contributed by atoms with Gasteiger partial charge in [-0.25, -0.2) is 9.97 Å². The Morgan fingerprint density at radius 2 is 1.95 bits per heavy atom. The zero-order valence-electron chi connectivity index (χ0n) is 11.1. The molecule has 0 aliphatic heterocycles. The fourth-order valence-corrected chi connectivity index (χ4v) is 2.63. The van der Waals surface area contributed by atoms with E-state index in [1.165, 1.54) is 11.3 Å². The number of imidazole rings is 1. The van der Waals surface area contributed by atoms with Crippen LogP contribution in [0.4, 0.5) is 0 Å². The summed E-state index contributed by atoms with van der Waals surface area (Å²) in [5, 5.41) is 2.82. The largest absolute Gasteiger partial charge is 0.493 e. The number of aromatic amines is 1. The van der Waals surface area contributed by atoms with E-state index in [4.69, 9.17) is 15.2 Å². The predicted molar refractivity (Wildman–Crippen MR) is 78.2 cm³/mol. The van der Waals surface area contributed by atoms with E-state index < -0.39 is 0 Å². The summed E-state index contributed by atoms with van der Waals surface area (Å²) in [6, 6.07) is 3.70. The van der Waals surface area contributed by atoms with Crippen LogP contribution in [-0.4, -0.2) is 29.2 Å². The van der Waals surface area contributed by atoms with E-state index in [2.05, 4.69) is 15.0 Å². The van der Waals surface area contributed by atoms with Gasteiger partial charge < -0.3 is 20.2 Å². The summed E-state index contributed by atoms with van der Waals surface area (Å²) < 4.78 is 10.5. The Labute approximate surface area is 119 Å². The van der Waals surface area contributed by atoms with Gasteiger partial charge in [-0.05, 0) is 0 Å². The van der Waals surface area contributed by atoms with Gasteiger partial charge in [0, 0.05) is 24.1 Å². The first-order valence-electron chi connectivity index (χ1n) is 6.01. The van der Waals surface area contributed by atoms with Gasteiger partial charge in [-0.3, -0.25) is 0 Å². The minimum atomic E-state index is 0.437. The van der Waals surface area contributed by atoms with Gasteiger partial charge in [0.1, 0.15) is 10.7 Å². The lowest BCUT2D eigenvalue weighted by atomic mass is 10.3. The molecule has 0 amide bonds. The number of aromatic nitrogens is 3. The molecule has 20 heavy (non-hydrogen) atoms. The molecule has 0 spiro atoms. The number of nitrogens with two attached hydrogens (primary N) is 1. The molecule has 1 aromatic carbocycles. The van der Waals surface area contributed by atoms with Crippen molar-refractivity contribution in [1.82, 2.24) is 15.0 Å². The molecule has 104 valence electrons. The predicted octanol–water partition coefficient (Wildman–Crippen LogP) is 2.16. The lowest BCUT2D eigenvalue weighted by Crippen LogP contribution is -1.94. The molecule has 3 N–H and O–H groups in total. The summed E-state index contributed by atoms with van der Waals surface area (Å²) in [4.78, 5) is 12.2. The first-order chi connectivity index (χ1) is 9.75. The molecule has 2 heterocycles. The second-order valence-electron chi connectivity index (χ2n) is 4.14. The van der Waals surface area contributed by atoms with Crippen LogP contribution in [-0.2, 0) is 6.54 Å². The molecule has 2 aromatic heterocycles. The van der Waals surface area contributed by atoms with Crippen LogP contribution in [0, 0.1) is 0 Å². The minimum absolute atomic E-state index is 0.437.